The first-order valence-electron chi connectivity index (χ1n) is 12.8. The van der Waals surface area contributed by atoms with E-state index in [1.54, 1.807) is 4.90 Å². The summed E-state index contributed by atoms with van der Waals surface area (Å²) in [5.41, 5.74) is 1.82. The first-order valence-corrected chi connectivity index (χ1v) is 12.8. The maximum absolute atomic E-state index is 13.4. The lowest BCUT2D eigenvalue weighted by Crippen LogP contribution is -2.46. The Bertz CT molecular complexity index is 1090. The van der Waals surface area contributed by atoms with Crippen molar-refractivity contribution in [3.63, 3.8) is 0 Å². The third-order valence-electron chi connectivity index (χ3n) is 6.81. The molecule has 194 valence electrons. The van der Waals surface area contributed by atoms with Crippen molar-refractivity contribution >= 4 is 28.9 Å². The van der Waals surface area contributed by atoms with Gasteiger partial charge in [0, 0.05) is 42.6 Å². The summed E-state index contributed by atoms with van der Waals surface area (Å²) in [6.07, 6.45) is 3.46. The van der Waals surface area contributed by atoms with Gasteiger partial charge in [0.1, 0.15) is 0 Å². The van der Waals surface area contributed by atoms with E-state index in [1.807, 2.05) is 66.7 Å². The average Bonchev–Trinajstić information content (AvgIpc) is 3.76. The van der Waals surface area contributed by atoms with E-state index in [0.717, 1.165) is 17.4 Å². The molecule has 37 heavy (non-hydrogen) atoms. The topological polar surface area (TPSA) is 82.1 Å². The number of hydrogen-bond donors (Lipinski definition) is 2. The van der Waals surface area contributed by atoms with Crippen LogP contribution in [-0.2, 0) is 14.3 Å². The Hall–Kier alpha value is -3.68. The third kappa shape index (κ3) is 7.18. The number of methoxy groups -OCH3 is 1. The maximum atomic E-state index is 13.4. The van der Waals surface area contributed by atoms with Crippen molar-refractivity contribution in [1.82, 2.24) is 5.06 Å². The van der Waals surface area contributed by atoms with Gasteiger partial charge in [-0.1, -0.05) is 54.6 Å². The first-order chi connectivity index (χ1) is 18.0. The van der Waals surface area contributed by atoms with E-state index in [4.69, 9.17) is 4.74 Å². The normalized spacial score (nSPS) is 16.6. The van der Waals surface area contributed by atoms with Crippen LogP contribution in [0.4, 0.5) is 17.1 Å². The predicted molar refractivity (Wildman–Crippen MR) is 145 cm³/mol. The number of hydroxylamine groups is 2. The van der Waals surface area contributed by atoms with Gasteiger partial charge in [-0.05, 0) is 62.1 Å². The van der Waals surface area contributed by atoms with Crippen LogP contribution in [0.3, 0.4) is 0 Å². The molecule has 7 heteroatoms. The minimum absolute atomic E-state index is 0.0251. The van der Waals surface area contributed by atoms with E-state index in [9.17, 15) is 14.8 Å². The number of carbonyl (C=O) groups is 2. The number of nitrogens with one attached hydrogen (secondary N) is 1. The van der Waals surface area contributed by atoms with Gasteiger partial charge < -0.3 is 15.3 Å². The molecule has 0 atom stereocenters. The highest BCUT2D eigenvalue weighted by Crippen LogP contribution is 2.38. The molecule has 1 saturated carbocycles. The standard InChI is InChI=1S/C21H24N2O4.C9H11N/c1-27-20(25)21(12-14-22(26)15-13-21)16-19(24)23(17-8-4-2-5-9-17)18-10-6-3-7-11-18;1-2-4-8(5-3-1)10-9-6-7-9/h2-11,26H,12-16H2,1H3;1-5,9-10H,6-7H2. The van der Waals surface area contributed by atoms with Gasteiger partial charge >= 0.3 is 5.97 Å². The summed E-state index contributed by atoms with van der Waals surface area (Å²) in [5.74, 6) is -0.575. The van der Waals surface area contributed by atoms with Crippen molar-refractivity contribution in [2.45, 2.75) is 38.1 Å². The molecule has 3 aromatic rings. The van der Waals surface area contributed by atoms with Crippen LogP contribution in [-0.4, -0.2) is 48.4 Å². The van der Waals surface area contributed by atoms with Gasteiger partial charge in [-0.25, -0.2) is 0 Å². The molecule has 7 nitrogen and oxygen atoms in total. The minimum atomic E-state index is -0.924. The van der Waals surface area contributed by atoms with Gasteiger partial charge in [-0.2, -0.15) is 5.06 Å². The van der Waals surface area contributed by atoms with Crippen molar-refractivity contribution in [3.05, 3.63) is 91.0 Å². The summed E-state index contributed by atoms with van der Waals surface area (Å²) < 4.78 is 5.01. The van der Waals surface area contributed by atoms with Crippen LogP contribution in [0.5, 0.6) is 0 Å². The van der Waals surface area contributed by atoms with Gasteiger partial charge in [0.05, 0.1) is 12.5 Å². The lowest BCUT2D eigenvalue weighted by Gasteiger charge is -2.38. The molecule has 2 fully saturated rings. The summed E-state index contributed by atoms with van der Waals surface area (Å²) in [4.78, 5) is 27.5. The van der Waals surface area contributed by atoms with Crippen LogP contribution in [0.1, 0.15) is 32.1 Å². The number of piperidine rings is 1. The second kappa shape index (κ2) is 12.5. The Balaban J connectivity index is 0.000000265. The highest BCUT2D eigenvalue weighted by molar-refractivity contribution is 6.02. The van der Waals surface area contributed by atoms with E-state index in [0.29, 0.717) is 25.9 Å². The monoisotopic (exact) mass is 501 g/mol. The van der Waals surface area contributed by atoms with Gasteiger partial charge in [-0.15, -0.1) is 0 Å². The summed E-state index contributed by atoms with van der Waals surface area (Å²) in [7, 11) is 1.34. The Kier molecular flexibility index (Phi) is 8.93. The summed E-state index contributed by atoms with van der Waals surface area (Å²) >= 11 is 0. The van der Waals surface area contributed by atoms with Crippen LogP contribution in [0.25, 0.3) is 0 Å². The molecule has 2 aliphatic rings. The fourth-order valence-corrected chi connectivity index (χ4v) is 4.55. The lowest BCUT2D eigenvalue weighted by molar-refractivity contribution is -0.169. The van der Waals surface area contributed by atoms with E-state index in [2.05, 4.69) is 29.6 Å². The fourth-order valence-electron chi connectivity index (χ4n) is 4.55. The molecule has 1 heterocycles. The molecule has 1 aliphatic carbocycles. The number of nitrogens with zero attached hydrogens (tertiary/aromatic N) is 2. The Morgan fingerprint density at radius 2 is 1.38 bits per heavy atom. The van der Waals surface area contributed by atoms with Gasteiger partial charge in [0.25, 0.3) is 0 Å². The number of hydrogen-bond acceptors (Lipinski definition) is 6. The fraction of sp³-hybridized carbons (Fsp3) is 0.333. The number of amides is 1. The molecule has 5 rings (SSSR count). The van der Waals surface area contributed by atoms with Crippen molar-refractivity contribution in [2.75, 3.05) is 30.4 Å². The molecule has 2 N–H and O–H groups in total. The van der Waals surface area contributed by atoms with Crippen LogP contribution in [0, 0.1) is 5.41 Å². The van der Waals surface area contributed by atoms with E-state index < -0.39 is 11.4 Å². The molecule has 0 unspecified atom stereocenters. The van der Waals surface area contributed by atoms with Gasteiger partial charge in [-0.3, -0.25) is 14.5 Å². The average molecular weight is 502 g/mol. The van der Waals surface area contributed by atoms with Crippen molar-refractivity contribution in [1.29, 1.82) is 0 Å². The summed E-state index contributed by atoms with van der Waals surface area (Å²) in [5, 5.41) is 14.3. The maximum Gasteiger partial charge on any atom is 0.312 e. The smallest absolute Gasteiger partial charge is 0.312 e. The number of benzene rings is 3. The third-order valence-corrected chi connectivity index (χ3v) is 6.81. The molecule has 3 aromatic carbocycles. The Labute approximate surface area is 218 Å². The molecule has 0 spiro atoms. The largest absolute Gasteiger partial charge is 0.469 e. The SMILES string of the molecule is COC(=O)C1(CC(=O)N(c2ccccc2)c2ccccc2)CCN(O)CC1.c1ccc(NC2CC2)cc1. The Morgan fingerprint density at radius 3 is 1.84 bits per heavy atom. The zero-order chi connectivity index (χ0) is 26.1. The quantitative estimate of drug-likeness (QED) is 0.408. The number of carbonyl (C=O) groups excluding carboxylic acids is 2. The van der Waals surface area contributed by atoms with Crippen LogP contribution in [0.2, 0.25) is 0 Å². The molecule has 0 bridgehead atoms. The second-order valence-corrected chi connectivity index (χ2v) is 9.59. The van der Waals surface area contributed by atoms with Crippen molar-refractivity contribution < 1.29 is 19.5 Å². The van der Waals surface area contributed by atoms with E-state index in [-0.39, 0.29) is 12.3 Å². The zero-order valence-corrected chi connectivity index (χ0v) is 21.3. The number of para-hydroxylation sites is 3. The summed E-state index contributed by atoms with van der Waals surface area (Å²) in [6.45, 7) is 0.665. The molecule has 0 aromatic heterocycles. The van der Waals surface area contributed by atoms with Gasteiger partial charge in [0.15, 0.2) is 0 Å². The highest BCUT2D eigenvalue weighted by Gasteiger charge is 2.45. The molecule has 0 radical (unpaired) electrons. The lowest BCUT2D eigenvalue weighted by atomic mass is 9.75. The van der Waals surface area contributed by atoms with Gasteiger partial charge in [0.2, 0.25) is 5.91 Å². The number of ether oxygens (including phenoxy) is 1. The first kappa shape index (κ1) is 26.4. The minimum Gasteiger partial charge on any atom is -0.469 e. The number of esters is 1. The Morgan fingerprint density at radius 1 is 0.892 bits per heavy atom. The van der Waals surface area contributed by atoms with E-state index >= 15 is 0 Å². The predicted octanol–water partition coefficient (Wildman–Crippen LogP) is 5.65. The van der Waals surface area contributed by atoms with E-state index in [1.165, 1.54) is 30.7 Å². The molecule has 1 saturated heterocycles. The number of anilines is 3. The highest BCUT2D eigenvalue weighted by atomic mass is 16.5. The van der Waals surface area contributed by atoms with Crippen molar-refractivity contribution in [3.8, 4) is 0 Å². The van der Waals surface area contributed by atoms with Crippen LogP contribution in [0.15, 0.2) is 91.0 Å². The van der Waals surface area contributed by atoms with Crippen LogP contribution >= 0.6 is 0 Å². The number of rotatable bonds is 7. The molecule has 1 amide bonds. The molecular weight excluding hydrogens is 466 g/mol. The van der Waals surface area contributed by atoms with Crippen LogP contribution < -0.4 is 10.2 Å². The molecular formula is C30H35N3O4. The molecule has 1 aliphatic heterocycles. The summed E-state index contributed by atoms with van der Waals surface area (Å²) in [6, 6.07) is 29.9. The van der Waals surface area contributed by atoms with Crippen molar-refractivity contribution in [2.24, 2.45) is 5.41 Å². The zero-order valence-electron chi connectivity index (χ0n) is 21.3. The second-order valence-electron chi connectivity index (χ2n) is 9.59.